The third kappa shape index (κ3) is 4.72. The van der Waals surface area contributed by atoms with Gasteiger partial charge in [-0.1, -0.05) is 12.1 Å². The largest absolute Gasteiger partial charge is 0.481 e. The van der Waals surface area contributed by atoms with Gasteiger partial charge in [-0.25, -0.2) is 4.39 Å². The number of carboxylic acid groups (broad SMARTS) is 1. The molecule has 1 saturated heterocycles. The van der Waals surface area contributed by atoms with Crippen molar-refractivity contribution in [1.82, 2.24) is 5.32 Å². The quantitative estimate of drug-likeness (QED) is 0.845. The Morgan fingerprint density at radius 2 is 1.91 bits per heavy atom. The van der Waals surface area contributed by atoms with Crippen LogP contribution in [0.3, 0.4) is 0 Å². The molecule has 1 heterocycles. The van der Waals surface area contributed by atoms with Crippen LogP contribution in [0.2, 0.25) is 0 Å². The topological polar surface area (TPSA) is 69.6 Å². The van der Waals surface area contributed by atoms with Crippen LogP contribution in [-0.4, -0.2) is 36.1 Å². The number of anilines is 1. The van der Waals surface area contributed by atoms with Crippen LogP contribution < -0.4 is 10.2 Å². The minimum Gasteiger partial charge on any atom is -0.481 e. The predicted octanol–water partition coefficient (Wildman–Crippen LogP) is 2.17. The van der Waals surface area contributed by atoms with Crippen molar-refractivity contribution in [1.29, 1.82) is 0 Å². The second kappa shape index (κ2) is 7.77. The molecule has 2 rings (SSSR count). The zero-order chi connectivity index (χ0) is 15.9. The number of carbonyl (C=O) groups excluding carboxylic acids is 1. The highest BCUT2D eigenvalue weighted by Gasteiger charge is 2.22. The van der Waals surface area contributed by atoms with Gasteiger partial charge in [0.15, 0.2) is 0 Å². The summed E-state index contributed by atoms with van der Waals surface area (Å²) in [5, 5.41) is 11.5. The summed E-state index contributed by atoms with van der Waals surface area (Å²) in [7, 11) is 0. The smallest absolute Gasteiger partial charge is 0.303 e. The molecule has 6 heteroatoms. The highest BCUT2D eigenvalue weighted by atomic mass is 19.1. The van der Waals surface area contributed by atoms with Gasteiger partial charge >= 0.3 is 5.97 Å². The standard InChI is InChI=1S/C16H21FN2O3/c17-13-4-1-2-5-14(13)19-10-8-12(9-11-19)18-15(20)6-3-7-16(21)22/h1-2,4-5,12H,3,6-11H2,(H,18,20)(H,21,22). The SMILES string of the molecule is O=C(O)CCCC(=O)NC1CCN(c2ccccc2F)CC1. The number of nitrogens with one attached hydrogen (secondary N) is 1. The first-order chi connectivity index (χ1) is 10.6. The number of carboxylic acids is 1. The monoisotopic (exact) mass is 308 g/mol. The number of amides is 1. The second-order valence-corrected chi connectivity index (χ2v) is 5.53. The third-order valence-electron chi connectivity index (χ3n) is 3.85. The number of hydrogen-bond donors (Lipinski definition) is 2. The molecule has 0 radical (unpaired) electrons. The van der Waals surface area contributed by atoms with Crippen molar-refractivity contribution < 1.29 is 19.1 Å². The van der Waals surface area contributed by atoms with Gasteiger partial charge in [0.05, 0.1) is 5.69 Å². The molecule has 1 fully saturated rings. The molecular formula is C16H21FN2O3. The van der Waals surface area contributed by atoms with Crippen LogP contribution in [0.15, 0.2) is 24.3 Å². The Morgan fingerprint density at radius 1 is 1.23 bits per heavy atom. The van der Waals surface area contributed by atoms with Crippen molar-refractivity contribution in [2.45, 2.75) is 38.1 Å². The number of carbonyl (C=O) groups is 2. The van der Waals surface area contributed by atoms with Gasteiger partial charge in [0.25, 0.3) is 0 Å². The Kier molecular flexibility index (Phi) is 5.75. The van der Waals surface area contributed by atoms with E-state index in [1.807, 2.05) is 11.0 Å². The van der Waals surface area contributed by atoms with Gasteiger partial charge < -0.3 is 15.3 Å². The van der Waals surface area contributed by atoms with Crippen molar-refractivity contribution >= 4 is 17.6 Å². The lowest BCUT2D eigenvalue weighted by Crippen LogP contribution is -2.44. The van der Waals surface area contributed by atoms with E-state index in [2.05, 4.69) is 5.32 Å². The summed E-state index contributed by atoms with van der Waals surface area (Å²) in [5.41, 5.74) is 0.605. The molecule has 0 aromatic heterocycles. The normalized spacial score (nSPS) is 15.6. The molecular weight excluding hydrogens is 287 g/mol. The van der Waals surface area contributed by atoms with Gasteiger partial charge in [-0.05, 0) is 31.4 Å². The highest BCUT2D eigenvalue weighted by molar-refractivity contribution is 5.77. The van der Waals surface area contributed by atoms with E-state index >= 15 is 0 Å². The number of rotatable bonds is 6. The van der Waals surface area contributed by atoms with Crippen LogP contribution in [0, 0.1) is 5.82 Å². The van der Waals surface area contributed by atoms with E-state index in [-0.39, 0.29) is 30.6 Å². The van der Waals surface area contributed by atoms with Crippen molar-refractivity contribution in [2.24, 2.45) is 0 Å². The fourth-order valence-electron chi connectivity index (χ4n) is 2.67. The van der Waals surface area contributed by atoms with Crippen LogP contribution in [0.4, 0.5) is 10.1 Å². The average molecular weight is 308 g/mol. The van der Waals surface area contributed by atoms with Crippen LogP contribution in [-0.2, 0) is 9.59 Å². The van der Waals surface area contributed by atoms with E-state index in [9.17, 15) is 14.0 Å². The summed E-state index contributed by atoms with van der Waals surface area (Å²) in [4.78, 5) is 24.1. The van der Waals surface area contributed by atoms with E-state index in [0.717, 1.165) is 12.8 Å². The number of nitrogens with zero attached hydrogens (tertiary/aromatic N) is 1. The maximum Gasteiger partial charge on any atom is 0.303 e. The lowest BCUT2D eigenvalue weighted by Gasteiger charge is -2.34. The van der Waals surface area contributed by atoms with E-state index in [4.69, 9.17) is 5.11 Å². The Hall–Kier alpha value is -2.11. The molecule has 0 saturated carbocycles. The predicted molar refractivity (Wildman–Crippen MR) is 81.3 cm³/mol. The van der Waals surface area contributed by atoms with Gasteiger partial charge in [-0.2, -0.15) is 0 Å². The minimum atomic E-state index is -0.883. The first-order valence-corrected chi connectivity index (χ1v) is 7.57. The summed E-state index contributed by atoms with van der Waals surface area (Å²) < 4.78 is 13.7. The molecule has 1 aromatic rings. The van der Waals surface area contributed by atoms with Crippen LogP contribution in [0.1, 0.15) is 32.1 Å². The fraction of sp³-hybridized carbons (Fsp3) is 0.500. The maximum absolute atomic E-state index is 13.7. The molecule has 2 N–H and O–H groups in total. The van der Waals surface area contributed by atoms with Crippen LogP contribution >= 0.6 is 0 Å². The first-order valence-electron chi connectivity index (χ1n) is 7.57. The zero-order valence-corrected chi connectivity index (χ0v) is 12.4. The average Bonchev–Trinajstić information content (AvgIpc) is 2.48. The first kappa shape index (κ1) is 16.3. The van der Waals surface area contributed by atoms with Gasteiger partial charge in [0.2, 0.25) is 5.91 Å². The molecule has 0 aliphatic carbocycles. The van der Waals surface area contributed by atoms with Crippen LogP contribution in [0.5, 0.6) is 0 Å². The maximum atomic E-state index is 13.7. The molecule has 1 aromatic carbocycles. The summed E-state index contributed by atoms with van der Waals surface area (Å²) in [6.07, 6.45) is 2.13. The number of piperidine rings is 1. The molecule has 120 valence electrons. The summed E-state index contributed by atoms with van der Waals surface area (Å²) >= 11 is 0. The molecule has 5 nitrogen and oxygen atoms in total. The van der Waals surface area contributed by atoms with Crippen LogP contribution in [0.25, 0.3) is 0 Å². The Labute approximate surface area is 129 Å². The van der Waals surface area contributed by atoms with Crippen molar-refractivity contribution in [2.75, 3.05) is 18.0 Å². The van der Waals surface area contributed by atoms with E-state index < -0.39 is 5.97 Å². The molecule has 0 atom stereocenters. The Bertz CT molecular complexity index is 528. The molecule has 22 heavy (non-hydrogen) atoms. The number of aliphatic carboxylic acids is 1. The Balaban J connectivity index is 1.74. The van der Waals surface area contributed by atoms with E-state index in [1.54, 1.807) is 12.1 Å². The molecule has 1 amide bonds. The zero-order valence-electron chi connectivity index (χ0n) is 12.4. The Morgan fingerprint density at radius 3 is 2.55 bits per heavy atom. The lowest BCUT2D eigenvalue weighted by atomic mass is 10.0. The molecule has 1 aliphatic rings. The van der Waals surface area contributed by atoms with Gasteiger partial charge in [-0.3, -0.25) is 9.59 Å². The molecule has 0 bridgehead atoms. The summed E-state index contributed by atoms with van der Waals surface area (Å²) in [5.74, 6) is -1.21. The number of para-hydroxylation sites is 1. The fourth-order valence-corrected chi connectivity index (χ4v) is 2.67. The third-order valence-corrected chi connectivity index (χ3v) is 3.85. The van der Waals surface area contributed by atoms with Crippen molar-refractivity contribution in [3.63, 3.8) is 0 Å². The second-order valence-electron chi connectivity index (χ2n) is 5.53. The van der Waals surface area contributed by atoms with E-state index in [1.165, 1.54) is 6.07 Å². The van der Waals surface area contributed by atoms with Gasteiger partial charge in [-0.15, -0.1) is 0 Å². The van der Waals surface area contributed by atoms with E-state index in [0.29, 0.717) is 25.2 Å². The summed E-state index contributed by atoms with van der Waals surface area (Å²) in [6.45, 7) is 1.39. The highest BCUT2D eigenvalue weighted by Crippen LogP contribution is 2.22. The molecule has 0 unspecified atom stereocenters. The van der Waals surface area contributed by atoms with Crippen molar-refractivity contribution in [3.8, 4) is 0 Å². The molecule has 0 spiro atoms. The van der Waals surface area contributed by atoms with Gasteiger partial charge in [0.1, 0.15) is 5.82 Å². The van der Waals surface area contributed by atoms with Gasteiger partial charge in [0, 0.05) is 32.0 Å². The summed E-state index contributed by atoms with van der Waals surface area (Å²) in [6, 6.07) is 6.78. The molecule has 1 aliphatic heterocycles. The number of benzene rings is 1. The lowest BCUT2D eigenvalue weighted by molar-refractivity contribution is -0.137. The number of hydrogen-bond acceptors (Lipinski definition) is 3. The number of halogens is 1. The van der Waals surface area contributed by atoms with Crippen molar-refractivity contribution in [3.05, 3.63) is 30.1 Å². The minimum absolute atomic E-state index is 0.0130.